The molecule has 0 unspecified atom stereocenters. The Kier molecular flexibility index (Phi) is 8.01. The lowest BCUT2D eigenvalue weighted by Crippen LogP contribution is -2.47. The third-order valence-corrected chi connectivity index (χ3v) is 6.70. The lowest BCUT2D eigenvalue weighted by molar-refractivity contribution is -0.155. The van der Waals surface area contributed by atoms with Gasteiger partial charge in [0.1, 0.15) is 23.8 Å². The van der Waals surface area contributed by atoms with Crippen LogP contribution in [0.3, 0.4) is 0 Å². The van der Waals surface area contributed by atoms with Crippen LogP contribution in [0.25, 0.3) is 22.0 Å². The van der Waals surface area contributed by atoms with E-state index in [2.05, 4.69) is 15.6 Å². The highest BCUT2D eigenvalue weighted by atomic mass is 16.7. The molecule has 1 aliphatic rings. The predicted molar refractivity (Wildman–Crippen MR) is 152 cm³/mol. The topological polar surface area (TPSA) is 139 Å². The first-order chi connectivity index (χ1) is 20.1. The lowest BCUT2D eigenvalue weighted by Gasteiger charge is -2.21. The number of fused-ring (bicyclic) bond motifs is 4. The SMILES string of the molecule is CC(C)(C)OC(=O)CC[C@H](NC(=O)OCC1c2ccccc2-c2ccccc21)C(=O)On1nnc2ccccc2c1=O. The second-order valence-electron chi connectivity index (χ2n) is 10.8. The maximum Gasteiger partial charge on any atom is 0.407 e. The van der Waals surface area contributed by atoms with Gasteiger partial charge in [-0.2, -0.15) is 0 Å². The molecular formula is C31H30N4O7. The van der Waals surface area contributed by atoms with Crippen molar-refractivity contribution in [1.82, 2.24) is 20.5 Å². The third kappa shape index (κ3) is 6.30. The fraction of sp³-hybridized carbons (Fsp3) is 0.290. The van der Waals surface area contributed by atoms with Crippen molar-refractivity contribution >= 4 is 28.9 Å². The van der Waals surface area contributed by atoms with E-state index in [1.54, 1.807) is 39.0 Å². The molecule has 0 bridgehead atoms. The summed E-state index contributed by atoms with van der Waals surface area (Å²) in [6.07, 6.45) is -1.27. The molecule has 4 aromatic rings. The molecule has 0 aliphatic heterocycles. The van der Waals surface area contributed by atoms with E-state index < -0.39 is 35.2 Å². The van der Waals surface area contributed by atoms with Gasteiger partial charge in [-0.25, -0.2) is 9.59 Å². The summed E-state index contributed by atoms with van der Waals surface area (Å²) in [5, 5.41) is 10.2. The number of rotatable bonds is 8. The average Bonchev–Trinajstić information content (AvgIpc) is 3.28. The molecule has 3 aromatic carbocycles. The first-order valence-electron chi connectivity index (χ1n) is 13.5. The molecule has 1 aliphatic carbocycles. The molecule has 0 spiro atoms. The minimum absolute atomic E-state index is 0.0172. The van der Waals surface area contributed by atoms with Gasteiger partial charge in [0.05, 0.1) is 5.39 Å². The summed E-state index contributed by atoms with van der Waals surface area (Å²) >= 11 is 0. The van der Waals surface area contributed by atoms with Crippen molar-refractivity contribution in [2.24, 2.45) is 0 Å². The minimum Gasteiger partial charge on any atom is -0.460 e. The first kappa shape index (κ1) is 28.5. The number of nitrogens with one attached hydrogen (secondary N) is 1. The number of hydrogen-bond donors (Lipinski definition) is 1. The van der Waals surface area contributed by atoms with Gasteiger partial charge >= 0.3 is 23.6 Å². The van der Waals surface area contributed by atoms with Gasteiger partial charge in [0.25, 0.3) is 0 Å². The Hall–Kier alpha value is -5.06. The van der Waals surface area contributed by atoms with Crippen LogP contribution in [0.1, 0.15) is 50.7 Å². The predicted octanol–water partition coefficient (Wildman–Crippen LogP) is 3.78. The van der Waals surface area contributed by atoms with Crippen LogP contribution >= 0.6 is 0 Å². The molecule has 0 saturated carbocycles. The fourth-order valence-electron chi connectivity index (χ4n) is 4.87. The number of aromatic nitrogens is 3. The molecular weight excluding hydrogens is 540 g/mol. The Morgan fingerprint density at radius 3 is 2.21 bits per heavy atom. The molecule has 0 radical (unpaired) electrons. The van der Waals surface area contributed by atoms with E-state index in [1.807, 2.05) is 48.5 Å². The molecule has 11 nitrogen and oxygen atoms in total. The van der Waals surface area contributed by atoms with Crippen LogP contribution in [0.5, 0.6) is 0 Å². The molecule has 0 fully saturated rings. The molecule has 0 saturated heterocycles. The number of hydrogen-bond acceptors (Lipinski definition) is 9. The average molecular weight is 571 g/mol. The van der Waals surface area contributed by atoms with E-state index >= 15 is 0 Å². The van der Waals surface area contributed by atoms with Crippen LogP contribution in [0.15, 0.2) is 77.6 Å². The summed E-state index contributed by atoms with van der Waals surface area (Å²) in [5.41, 5.74) is 3.09. The number of carbonyl (C=O) groups excluding carboxylic acids is 3. The standard InChI is InChI=1S/C31H30N4O7/c1-31(2,3)41-27(36)17-16-26(29(38)42-35-28(37)23-14-8-9-15-25(23)33-34-35)32-30(39)40-18-24-21-12-6-4-10-19(21)20-11-5-7-13-22(20)24/h4-15,24,26H,16-18H2,1-3H3,(H,32,39)/t26-/m0/s1. The van der Waals surface area contributed by atoms with Gasteiger partial charge in [-0.3, -0.25) is 9.59 Å². The number of alkyl carbamates (subject to hydrolysis) is 1. The quantitative estimate of drug-likeness (QED) is 0.248. The first-order valence-corrected chi connectivity index (χ1v) is 13.5. The lowest BCUT2D eigenvalue weighted by atomic mass is 9.98. The van der Waals surface area contributed by atoms with Crippen LogP contribution in [0.2, 0.25) is 0 Å². The number of carbonyl (C=O) groups is 3. The number of esters is 1. The Bertz CT molecular complexity index is 1660. The van der Waals surface area contributed by atoms with Crippen molar-refractivity contribution in [3.63, 3.8) is 0 Å². The molecule has 1 atom stereocenters. The molecule has 1 N–H and O–H groups in total. The van der Waals surface area contributed by atoms with Gasteiger partial charge < -0.3 is 19.6 Å². The van der Waals surface area contributed by atoms with Crippen molar-refractivity contribution in [3.8, 4) is 11.1 Å². The smallest absolute Gasteiger partial charge is 0.407 e. The maximum absolute atomic E-state index is 13.1. The Morgan fingerprint density at radius 2 is 1.55 bits per heavy atom. The van der Waals surface area contributed by atoms with Crippen molar-refractivity contribution in [3.05, 3.63) is 94.3 Å². The van der Waals surface area contributed by atoms with Crippen molar-refractivity contribution in [1.29, 1.82) is 0 Å². The number of benzene rings is 3. The summed E-state index contributed by atoms with van der Waals surface area (Å²) in [5.74, 6) is -1.79. The third-order valence-electron chi connectivity index (χ3n) is 6.70. The van der Waals surface area contributed by atoms with Crippen LogP contribution < -0.4 is 15.7 Å². The Balaban J connectivity index is 1.30. The highest BCUT2D eigenvalue weighted by molar-refractivity contribution is 5.83. The van der Waals surface area contributed by atoms with E-state index in [0.717, 1.165) is 22.3 Å². The molecule has 42 heavy (non-hydrogen) atoms. The van der Waals surface area contributed by atoms with E-state index in [-0.39, 0.29) is 30.8 Å². The van der Waals surface area contributed by atoms with Crippen LogP contribution in [0.4, 0.5) is 4.79 Å². The van der Waals surface area contributed by atoms with Crippen LogP contribution in [-0.2, 0) is 19.1 Å². The summed E-state index contributed by atoms with van der Waals surface area (Å²) in [6.45, 7) is 5.17. The highest BCUT2D eigenvalue weighted by Crippen LogP contribution is 2.44. The van der Waals surface area contributed by atoms with Crippen molar-refractivity contribution in [2.45, 2.75) is 51.2 Å². The normalized spacial score (nSPS) is 13.1. The monoisotopic (exact) mass is 570 g/mol. The summed E-state index contributed by atoms with van der Waals surface area (Å²) in [7, 11) is 0. The molecule has 1 amide bonds. The molecule has 1 aromatic heterocycles. The molecule has 11 heteroatoms. The van der Waals surface area contributed by atoms with E-state index in [0.29, 0.717) is 10.4 Å². The van der Waals surface area contributed by atoms with Crippen LogP contribution in [0, 0.1) is 0 Å². The van der Waals surface area contributed by atoms with Gasteiger partial charge in [-0.15, -0.1) is 5.10 Å². The van der Waals surface area contributed by atoms with E-state index in [4.69, 9.17) is 14.3 Å². The zero-order chi connectivity index (χ0) is 29.9. The van der Waals surface area contributed by atoms with Gasteiger partial charge in [0, 0.05) is 12.3 Å². The maximum atomic E-state index is 13.1. The second kappa shape index (κ2) is 11.8. The molecule has 1 heterocycles. The van der Waals surface area contributed by atoms with Gasteiger partial charge in [0.2, 0.25) is 0 Å². The zero-order valence-corrected chi connectivity index (χ0v) is 23.4. The van der Waals surface area contributed by atoms with Gasteiger partial charge in [-0.05, 0) is 71.6 Å². The number of nitrogens with zero attached hydrogens (tertiary/aromatic N) is 3. The Morgan fingerprint density at radius 1 is 0.929 bits per heavy atom. The minimum atomic E-state index is -1.35. The van der Waals surface area contributed by atoms with Crippen molar-refractivity contribution < 1.29 is 28.7 Å². The van der Waals surface area contributed by atoms with Crippen LogP contribution in [-0.4, -0.2) is 51.4 Å². The number of amides is 1. The summed E-state index contributed by atoms with van der Waals surface area (Å²) < 4.78 is 10.9. The number of ether oxygens (including phenoxy) is 2. The zero-order valence-electron chi connectivity index (χ0n) is 23.4. The summed E-state index contributed by atoms with van der Waals surface area (Å²) in [6, 6.07) is 20.9. The molecule has 5 rings (SSSR count). The fourth-order valence-corrected chi connectivity index (χ4v) is 4.87. The van der Waals surface area contributed by atoms with Gasteiger partial charge in [-0.1, -0.05) is 60.7 Å². The highest BCUT2D eigenvalue weighted by Gasteiger charge is 2.31. The summed E-state index contributed by atoms with van der Waals surface area (Å²) in [4.78, 5) is 56.9. The van der Waals surface area contributed by atoms with Gasteiger partial charge in [0.15, 0.2) is 0 Å². The second-order valence-corrected chi connectivity index (χ2v) is 10.8. The van der Waals surface area contributed by atoms with E-state index in [9.17, 15) is 19.2 Å². The molecule has 216 valence electrons. The Labute approximate surface area is 241 Å². The van der Waals surface area contributed by atoms with E-state index in [1.165, 1.54) is 6.07 Å². The largest absolute Gasteiger partial charge is 0.460 e. The van der Waals surface area contributed by atoms with Crippen molar-refractivity contribution in [2.75, 3.05) is 6.61 Å².